The highest BCUT2D eigenvalue weighted by molar-refractivity contribution is 7.13. The molecular formula is C31H45N7O5S. The fourth-order valence-electron chi connectivity index (χ4n) is 4.88. The standard InChI is InChI=1S/C31H45N7O5S/c1-19-24(44-18-34-19)21-11-9-20(10-12-21)16-33-26(40)23-15-22(39)17-38(23)27(41)25(29(2,3)4)35-28(42)31(7,8)43-14-13-30(5,6)36-37-32/h9-12,18,22-23,25,39H,13-17H2,1-8H3,(H,33,40)(H,35,42)/t22-,23+,25-/m1/s1. The van der Waals surface area contributed by atoms with E-state index in [0.717, 1.165) is 21.7 Å². The number of aliphatic hydroxyl groups excluding tert-OH is 1. The van der Waals surface area contributed by atoms with Gasteiger partial charge in [0, 0.05) is 36.6 Å². The summed E-state index contributed by atoms with van der Waals surface area (Å²) in [6.45, 7) is 14.6. The summed E-state index contributed by atoms with van der Waals surface area (Å²) in [5, 5.41) is 20.0. The van der Waals surface area contributed by atoms with Gasteiger partial charge in [-0.2, -0.15) is 0 Å². The van der Waals surface area contributed by atoms with Gasteiger partial charge >= 0.3 is 0 Å². The number of rotatable bonds is 12. The first-order valence-electron chi connectivity index (χ1n) is 14.7. The number of hydrogen-bond acceptors (Lipinski definition) is 8. The molecule has 1 aliphatic heterocycles. The van der Waals surface area contributed by atoms with E-state index in [2.05, 4.69) is 25.6 Å². The number of aromatic nitrogens is 1. The van der Waals surface area contributed by atoms with Crippen LogP contribution in [0.25, 0.3) is 20.9 Å². The third-order valence-electron chi connectivity index (χ3n) is 7.72. The van der Waals surface area contributed by atoms with Gasteiger partial charge < -0.3 is 25.4 Å². The Morgan fingerprint density at radius 3 is 2.41 bits per heavy atom. The average molecular weight is 628 g/mol. The number of likely N-dealkylation sites (tertiary alicyclic amines) is 1. The van der Waals surface area contributed by atoms with Crippen LogP contribution in [0.3, 0.4) is 0 Å². The van der Waals surface area contributed by atoms with Crippen LogP contribution in [0, 0.1) is 12.3 Å². The van der Waals surface area contributed by atoms with Crippen molar-refractivity contribution in [2.24, 2.45) is 10.5 Å². The number of thiazole rings is 1. The van der Waals surface area contributed by atoms with E-state index >= 15 is 0 Å². The fourth-order valence-corrected chi connectivity index (χ4v) is 5.69. The monoisotopic (exact) mass is 627 g/mol. The zero-order chi connectivity index (χ0) is 32.9. The number of benzene rings is 1. The second kappa shape index (κ2) is 14.1. The lowest BCUT2D eigenvalue weighted by Crippen LogP contribution is -2.60. The number of nitrogens with zero attached hydrogens (tertiary/aromatic N) is 5. The number of nitrogens with one attached hydrogen (secondary N) is 2. The van der Waals surface area contributed by atoms with E-state index in [1.807, 2.05) is 57.5 Å². The molecule has 2 heterocycles. The molecule has 0 spiro atoms. The van der Waals surface area contributed by atoms with Gasteiger partial charge in [0.1, 0.15) is 17.7 Å². The number of ether oxygens (including phenoxy) is 1. The predicted octanol–water partition coefficient (Wildman–Crippen LogP) is 4.50. The molecule has 2 aromatic rings. The zero-order valence-electron chi connectivity index (χ0n) is 26.9. The summed E-state index contributed by atoms with van der Waals surface area (Å²) in [5.74, 6) is -1.32. The minimum Gasteiger partial charge on any atom is -0.391 e. The Bertz CT molecular complexity index is 1380. The van der Waals surface area contributed by atoms with E-state index in [0.29, 0.717) is 6.42 Å². The summed E-state index contributed by atoms with van der Waals surface area (Å²) < 4.78 is 5.85. The highest BCUT2D eigenvalue weighted by Crippen LogP contribution is 2.29. The Morgan fingerprint density at radius 1 is 1.18 bits per heavy atom. The number of aryl methyl sites for hydroxylation is 1. The van der Waals surface area contributed by atoms with Crippen molar-refractivity contribution >= 4 is 29.1 Å². The molecule has 0 unspecified atom stereocenters. The Hall–Kier alpha value is -3.51. The maximum atomic E-state index is 13.9. The molecule has 1 fully saturated rings. The first-order chi connectivity index (χ1) is 20.4. The first-order valence-corrected chi connectivity index (χ1v) is 15.6. The maximum Gasteiger partial charge on any atom is 0.252 e. The van der Waals surface area contributed by atoms with E-state index in [1.54, 1.807) is 39.0 Å². The summed E-state index contributed by atoms with van der Waals surface area (Å²) in [5.41, 5.74) is 10.8. The van der Waals surface area contributed by atoms with Crippen LogP contribution in [0.1, 0.15) is 72.6 Å². The van der Waals surface area contributed by atoms with Gasteiger partial charge in [-0.1, -0.05) is 64.0 Å². The maximum absolute atomic E-state index is 13.9. The summed E-state index contributed by atoms with van der Waals surface area (Å²) >= 11 is 1.57. The summed E-state index contributed by atoms with van der Waals surface area (Å²) in [6, 6.07) is 5.98. The lowest BCUT2D eigenvalue weighted by molar-refractivity contribution is -0.150. The van der Waals surface area contributed by atoms with Crippen molar-refractivity contribution in [1.29, 1.82) is 0 Å². The molecule has 0 radical (unpaired) electrons. The first kappa shape index (κ1) is 35.0. The quantitative estimate of drug-likeness (QED) is 0.178. The van der Waals surface area contributed by atoms with Crippen molar-refractivity contribution in [1.82, 2.24) is 20.5 Å². The van der Waals surface area contributed by atoms with Crippen LogP contribution in [0.15, 0.2) is 34.9 Å². The number of azide groups is 1. The highest BCUT2D eigenvalue weighted by Gasteiger charge is 2.45. The molecule has 240 valence electrons. The third kappa shape index (κ3) is 9.01. The van der Waals surface area contributed by atoms with Gasteiger partial charge in [-0.25, -0.2) is 4.98 Å². The third-order valence-corrected chi connectivity index (χ3v) is 8.70. The highest BCUT2D eigenvalue weighted by atomic mass is 32.1. The second-order valence-corrected chi connectivity index (χ2v) is 14.3. The SMILES string of the molecule is Cc1ncsc1-c1ccc(CNC(=O)[C@@H]2C[C@@H](O)CN2C(=O)[C@@H](NC(=O)C(C)(C)OCCC(C)(C)N=[N+]=[N-])C(C)(C)C)cc1. The fraction of sp³-hybridized carbons (Fsp3) is 0.613. The molecule has 1 saturated heterocycles. The van der Waals surface area contributed by atoms with Gasteiger partial charge in [0.05, 0.1) is 22.2 Å². The molecular weight excluding hydrogens is 582 g/mol. The molecule has 12 nitrogen and oxygen atoms in total. The van der Waals surface area contributed by atoms with Crippen LogP contribution in [-0.2, 0) is 25.7 Å². The normalized spacial score (nSPS) is 18.0. The molecule has 1 aromatic heterocycles. The number of carbonyl (C=O) groups is 3. The van der Waals surface area contributed by atoms with Gasteiger partial charge in [-0.15, -0.1) is 11.3 Å². The van der Waals surface area contributed by atoms with Crippen molar-refractivity contribution in [2.45, 2.75) is 104 Å². The molecule has 0 bridgehead atoms. The van der Waals surface area contributed by atoms with Gasteiger partial charge in [-0.05, 0) is 49.3 Å². The molecule has 1 aromatic carbocycles. The Morgan fingerprint density at radius 2 is 1.84 bits per heavy atom. The average Bonchev–Trinajstić information content (AvgIpc) is 3.54. The molecule has 3 N–H and O–H groups in total. The van der Waals surface area contributed by atoms with E-state index in [-0.39, 0.29) is 32.0 Å². The van der Waals surface area contributed by atoms with Crippen molar-refractivity contribution in [2.75, 3.05) is 13.2 Å². The number of amides is 3. The molecule has 1 aliphatic rings. The lowest BCUT2D eigenvalue weighted by atomic mass is 9.85. The Balaban J connectivity index is 1.67. The van der Waals surface area contributed by atoms with Gasteiger partial charge in [0.25, 0.3) is 5.91 Å². The molecule has 3 atom stereocenters. The number of hydrogen-bond donors (Lipinski definition) is 3. The number of carbonyl (C=O) groups excluding carboxylic acids is 3. The van der Waals surface area contributed by atoms with Crippen molar-refractivity contribution in [3.05, 3.63) is 51.5 Å². The molecule has 3 rings (SSSR count). The predicted molar refractivity (Wildman–Crippen MR) is 170 cm³/mol. The van der Waals surface area contributed by atoms with Crippen LogP contribution < -0.4 is 10.6 Å². The summed E-state index contributed by atoms with van der Waals surface area (Å²) in [6.07, 6.45) is -0.373. The molecule has 0 aliphatic carbocycles. The number of β-amino-alcohol motifs (C(OH)–C–C–N with tert-alkyl or cyclic N) is 1. The van der Waals surface area contributed by atoms with E-state index < -0.39 is 46.6 Å². The van der Waals surface area contributed by atoms with Crippen LogP contribution in [0.4, 0.5) is 0 Å². The largest absolute Gasteiger partial charge is 0.391 e. The number of aliphatic hydroxyl groups is 1. The minimum atomic E-state index is -1.29. The summed E-state index contributed by atoms with van der Waals surface area (Å²) in [7, 11) is 0. The Labute approximate surface area is 263 Å². The van der Waals surface area contributed by atoms with Crippen molar-refractivity contribution < 1.29 is 24.2 Å². The van der Waals surface area contributed by atoms with Crippen molar-refractivity contribution in [3.63, 3.8) is 0 Å². The van der Waals surface area contributed by atoms with E-state index in [1.165, 1.54) is 4.90 Å². The zero-order valence-corrected chi connectivity index (χ0v) is 27.7. The molecule has 44 heavy (non-hydrogen) atoms. The van der Waals surface area contributed by atoms with E-state index in [4.69, 9.17) is 10.3 Å². The van der Waals surface area contributed by atoms with E-state index in [9.17, 15) is 19.5 Å². The minimum absolute atomic E-state index is 0.0172. The lowest BCUT2D eigenvalue weighted by Gasteiger charge is -2.37. The van der Waals surface area contributed by atoms with Gasteiger partial charge in [-0.3, -0.25) is 14.4 Å². The van der Waals surface area contributed by atoms with Gasteiger partial charge in [0.2, 0.25) is 11.8 Å². The summed E-state index contributed by atoms with van der Waals surface area (Å²) in [4.78, 5) is 50.2. The smallest absolute Gasteiger partial charge is 0.252 e. The van der Waals surface area contributed by atoms with Gasteiger partial charge in [0.15, 0.2) is 0 Å². The molecule has 13 heteroatoms. The molecule has 3 amide bonds. The topological polar surface area (TPSA) is 170 Å². The van der Waals surface area contributed by atoms with Crippen molar-refractivity contribution in [3.8, 4) is 10.4 Å². The van der Waals surface area contributed by atoms with Crippen LogP contribution in [0.5, 0.6) is 0 Å². The van der Waals surface area contributed by atoms with Crippen LogP contribution in [-0.4, -0.2) is 75.2 Å². The van der Waals surface area contributed by atoms with Crippen LogP contribution in [0.2, 0.25) is 0 Å². The molecule has 0 saturated carbocycles. The second-order valence-electron chi connectivity index (χ2n) is 13.5. The Kier molecular flexibility index (Phi) is 11.2. The van der Waals surface area contributed by atoms with Crippen LogP contribution >= 0.6 is 11.3 Å².